The first kappa shape index (κ1) is 15.3. The highest BCUT2D eigenvalue weighted by molar-refractivity contribution is 5.76. The Morgan fingerprint density at radius 1 is 1.42 bits per heavy atom. The summed E-state index contributed by atoms with van der Waals surface area (Å²) in [4.78, 5) is 13.9. The number of carbonyl (C=O) groups is 1. The third-order valence-electron chi connectivity index (χ3n) is 2.85. The molecule has 0 radical (unpaired) electrons. The second kappa shape index (κ2) is 7.67. The second-order valence-electron chi connectivity index (χ2n) is 4.85. The fourth-order valence-corrected chi connectivity index (χ4v) is 1.92. The van der Waals surface area contributed by atoms with E-state index in [2.05, 4.69) is 6.92 Å². The van der Waals surface area contributed by atoms with Crippen molar-refractivity contribution in [2.45, 2.75) is 39.7 Å². The predicted molar refractivity (Wildman–Crippen MR) is 78.1 cm³/mol. The summed E-state index contributed by atoms with van der Waals surface area (Å²) in [5, 5.41) is 0. The lowest BCUT2D eigenvalue weighted by atomic mass is 10.2. The molecule has 0 aromatic heterocycles. The molecule has 1 amide bonds. The molecule has 0 heterocycles. The zero-order chi connectivity index (χ0) is 14.3. The number of amides is 1. The summed E-state index contributed by atoms with van der Waals surface area (Å²) >= 11 is 0. The van der Waals surface area contributed by atoms with Gasteiger partial charge in [0.1, 0.15) is 5.75 Å². The summed E-state index contributed by atoms with van der Waals surface area (Å²) in [7, 11) is 0. The van der Waals surface area contributed by atoms with Gasteiger partial charge in [-0.1, -0.05) is 13.0 Å². The lowest BCUT2D eigenvalue weighted by Crippen LogP contribution is -2.38. The summed E-state index contributed by atoms with van der Waals surface area (Å²) in [5.74, 6) is 0.847. The molecule has 0 fully saturated rings. The molecule has 0 bridgehead atoms. The Morgan fingerprint density at radius 2 is 2.16 bits per heavy atom. The summed E-state index contributed by atoms with van der Waals surface area (Å²) in [6.45, 7) is 7.33. The maximum atomic E-state index is 12.1. The number of carbonyl (C=O) groups excluding carboxylic acids is 1. The normalized spacial score (nSPS) is 10.5. The Morgan fingerprint density at radius 3 is 2.74 bits per heavy atom. The summed E-state index contributed by atoms with van der Waals surface area (Å²) < 4.78 is 5.54. The fraction of sp³-hybridized carbons (Fsp3) is 0.533. The van der Waals surface area contributed by atoms with Gasteiger partial charge in [-0.2, -0.15) is 0 Å². The van der Waals surface area contributed by atoms with E-state index in [1.54, 1.807) is 12.1 Å². The maximum Gasteiger partial charge on any atom is 0.226 e. The van der Waals surface area contributed by atoms with Crippen LogP contribution in [0.1, 0.15) is 33.6 Å². The van der Waals surface area contributed by atoms with Crippen molar-refractivity contribution < 1.29 is 9.53 Å². The molecular formula is C15H24N2O2. The van der Waals surface area contributed by atoms with Crippen LogP contribution in [0, 0.1) is 0 Å². The number of nitrogens with zero attached hydrogens (tertiary/aromatic N) is 1. The molecule has 4 heteroatoms. The number of nitrogens with two attached hydrogens (primary N) is 1. The molecule has 0 saturated carbocycles. The van der Waals surface area contributed by atoms with E-state index in [1.165, 1.54) is 0 Å². The van der Waals surface area contributed by atoms with E-state index in [9.17, 15) is 4.79 Å². The van der Waals surface area contributed by atoms with Crippen molar-refractivity contribution >= 4 is 11.6 Å². The van der Waals surface area contributed by atoms with Crippen LogP contribution in [0.25, 0.3) is 0 Å². The quantitative estimate of drug-likeness (QED) is 0.770. The summed E-state index contributed by atoms with van der Waals surface area (Å²) in [6.07, 6.45) is 1.37. The van der Waals surface area contributed by atoms with Gasteiger partial charge < -0.3 is 15.4 Å². The fourth-order valence-electron chi connectivity index (χ4n) is 1.92. The first-order chi connectivity index (χ1) is 9.04. The minimum Gasteiger partial charge on any atom is -0.493 e. The van der Waals surface area contributed by atoms with E-state index < -0.39 is 0 Å². The molecule has 0 unspecified atom stereocenters. The minimum atomic E-state index is 0.140. The Balaban J connectivity index is 2.41. The molecule has 0 spiro atoms. The molecule has 106 valence electrons. The number of benzene rings is 1. The molecule has 0 saturated heterocycles. The lowest BCUT2D eigenvalue weighted by Gasteiger charge is -2.26. The van der Waals surface area contributed by atoms with Gasteiger partial charge in [0.2, 0.25) is 5.91 Å². The van der Waals surface area contributed by atoms with E-state index in [-0.39, 0.29) is 11.9 Å². The summed E-state index contributed by atoms with van der Waals surface area (Å²) in [6, 6.07) is 7.48. The molecule has 0 aliphatic rings. The van der Waals surface area contributed by atoms with Crippen molar-refractivity contribution in [2.24, 2.45) is 0 Å². The van der Waals surface area contributed by atoms with Gasteiger partial charge in [-0.15, -0.1) is 0 Å². The maximum absolute atomic E-state index is 12.1. The number of hydrogen-bond donors (Lipinski definition) is 1. The van der Waals surface area contributed by atoms with Gasteiger partial charge in [0.25, 0.3) is 0 Å². The molecule has 1 aromatic carbocycles. The molecule has 0 atom stereocenters. The molecule has 0 aliphatic carbocycles. The van der Waals surface area contributed by atoms with Crippen molar-refractivity contribution in [1.29, 1.82) is 0 Å². The topological polar surface area (TPSA) is 55.6 Å². The van der Waals surface area contributed by atoms with E-state index >= 15 is 0 Å². The van der Waals surface area contributed by atoms with Gasteiger partial charge in [-0.25, -0.2) is 0 Å². The molecule has 19 heavy (non-hydrogen) atoms. The zero-order valence-corrected chi connectivity index (χ0v) is 12.1. The third-order valence-corrected chi connectivity index (χ3v) is 2.85. The molecule has 0 aliphatic heterocycles. The van der Waals surface area contributed by atoms with Crippen molar-refractivity contribution in [3.8, 4) is 5.75 Å². The Bertz CT molecular complexity index is 405. The van der Waals surface area contributed by atoms with Crippen LogP contribution in [0.15, 0.2) is 24.3 Å². The van der Waals surface area contributed by atoms with Crippen LogP contribution >= 0.6 is 0 Å². The molecule has 1 rings (SSSR count). The summed E-state index contributed by atoms with van der Waals surface area (Å²) in [5.41, 5.74) is 6.33. The molecule has 1 aromatic rings. The SMILES string of the molecule is CCCN(C(=O)CCOc1cccc(N)c1)C(C)C. The van der Waals surface area contributed by atoms with Crippen LogP contribution in [0.5, 0.6) is 5.75 Å². The van der Waals surface area contributed by atoms with E-state index in [1.807, 2.05) is 30.9 Å². The largest absolute Gasteiger partial charge is 0.493 e. The third kappa shape index (κ3) is 5.20. The van der Waals surface area contributed by atoms with Gasteiger partial charge in [-0.3, -0.25) is 4.79 Å². The predicted octanol–water partition coefficient (Wildman–Crippen LogP) is 2.68. The van der Waals surface area contributed by atoms with Crippen molar-refractivity contribution in [2.75, 3.05) is 18.9 Å². The van der Waals surface area contributed by atoms with Crippen molar-refractivity contribution in [3.63, 3.8) is 0 Å². The van der Waals surface area contributed by atoms with Crippen LogP contribution in [-0.2, 0) is 4.79 Å². The van der Waals surface area contributed by atoms with Crippen molar-refractivity contribution in [1.82, 2.24) is 4.90 Å². The van der Waals surface area contributed by atoms with Crippen LogP contribution in [0.4, 0.5) is 5.69 Å². The lowest BCUT2D eigenvalue weighted by molar-refractivity contribution is -0.133. The number of ether oxygens (including phenoxy) is 1. The van der Waals surface area contributed by atoms with Gasteiger partial charge in [0, 0.05) is 24.3 Å². The highest BCUT2D eigenvalue weighted by Crippen LogP contribution is 2.14. The molecular weight excluding hydrogens is 240 g/mol. The van der Waals surface area contributed by atoms with Crippen molar-refractivity contribution in [3.05, 3.63) is 24.3 Å². The molecule has 2 N–H and O–H groups in total. The standard InChI is InChI=1S/C15H24N2O2/c1-4-9-17(12(2)3)15(18)8-10-19-14-7-5-6-13(16)11-14/h5-7,11-12H,4,8-10,16H2,1-3H3. The first-order valence-corrected chi connectivity index (χ1v) is 6.82. The number of anilines is 1. The zero-order valence-electron chi connectivity index (χ0n) is 12.1. The smallest absolute Gasteiger partial charge is 0.226 e. The average Bonchev–Trinajstić information content (AvgIpc) is 2.35. The van der Waals surface area contributed by atoms with Crippen LogP contribution < -0.4 is 10.5 Å². The van der Waals surface area contributed by atoms with Gasteiger partial charge >= 0.3 is 0 Å². The first-order valence-electron chi connectivity index (χ1n) is 6.82. The number of rotatable bonds is 7. The highest BCUT2D eigenvalue weighted by atomic mass is 16.5. The number of hydrogen-bond acceptors (Lipinski definition) is 3. The number of nitrogen functional groups attached to an aromatic ring is 1. The Hall–Kier alpha value is -1.71. The van der Waals surface area contributed by atoms with E-state index in [0.717, 1.165) is 13.0 Å². The minimum absolute atomic E-state index is 0.140. The van der Waals surface area contributed by atoms with Crippen LogP contribution in [-0.4, -0.2) is 30.0 Å². The van der Waals surface area contributed by atoms with Crippen LogP contribution in [0.2, 0.25) is 0 Å². The van der Waals surface area contributed by atoms with Crippen LogP contribution in [0.3, 0.4) is 0 Å². The van der Waals surface area contributed by atoms with Gasteiger partial charge in [-0.05, 0) is 32.4 Å². The Kier molecular flexibility index (Phi) is 6.19. The Labute approximate surface area is 115 Å². The van der Waals surface area contributed by atoms with E-state index in [4.69, 9.17) is 10.5 Å². The average molecular weight is 264 g/mol. The van der Waals surface area contributed by atoms with Gasteiger partial charge in [0.15, 0.2) is 0 Å². The van der Waals surface area contributed by atoms with Gasteiger partial charge in [0.05, 0.1) is 13.0 Å². The monoisotopic (exact) mass is 264 g/mol. The second-order valence-corrected chi connectivity index (χ2v) is 4.85. The van der Waals surface area contributed by atoms with E-state index in [0.29, 0.717) is 24.5 Å². The highest BCUT2D eigenvalue weighted by Gasteiger charge is 2.15. The molecule has 4 nitrogen and oxygen atoms in total.